The SMILES string of the molecule is Cc1ccc(C(=O)O)c(C)c1I. The summed E-state index contributed by atoms with van der Waals surface area (Å²) >= 11 is 2.16. The largest absolute Gasteiger partial charge is 0.478 e. The minimum Gasteiger partial charge on any atom is -0.478 e. The van der Waals surface area contributed by atoms with Crippen molar-refractivity contribution in [2.45, 2.75) is 13.8 Å². The van der Waals surface area contributed by atoms with Crippen LogP contribution < -0.4 is 0 Å². The molecule has 0 heterocycles. The molecule has 64 valence electrons. The fourth-order valence-electron chi connectivity index (χ4n) is 1.05. The lowest BCUT2D eigenvalue weighted by molar-refractivity contribution is 0.0696. The van der Waals surface area contributed by atoms with Gasteiger partial charge in [0.2, 0.25) is 0 Å². The summed E-state index contributed by atoms with van der Waals surface area (Å²) in [6, 6.07) is 3.48. The molecular formula is C9H9IO2. The van der Waals surface area contributed by atoms with E-state index in [0.717, 1.165) is 14.7 Å². The quantitative estimate of drug-likeness (QED) is 0.800. The van der Waals surface area contributed by atoms with E-state index in [9.17, 15) is 4.79 Å². The average molecular weight is 276 g/mol. The highest BCUT2D eigenvalue weighted by Crippen LogP contribution is 2.19. The molecule has 0 atom stereocenters. The standard InChI is InChI=1S/C9H9IO2/c1-5-3-4-7(9(11)12)6(2)8(5)10/h3-4H,1-2H3,(H,11,12). The highest BCUT2D eigenvalue weighted by Gasteiger charge is 2.09. The minimum absolute atomic E-state index is 0.394. The summed E-state index contributed by atoms with van der Waals surface area (Å²) < 4.78 is 1.03. The second-order valence-corrected chi connectivity index (χ2v) is 3.75. The van der Waals surface area contributed by atoms with E-state index in [-0.39, 0.29) is 0 Å². The highest BCUT2D eigenvalue weighted by molar-refractivity contribution is 14.1. The number of halogens is 1. The van der Waals surface area contributed by atoms with E-state index in [1.807, 2.05) is 19.9 Å². The zero-order valence-corrected chi connectivity index (χ0v) is 9.05. The molecule has 1 aromatic rings. The van der Waals surface area contributed by atoms with Crippen molar-refractivity contribution < 1.29 is 9.90 Å². The number of aromatic carboxylic acids is 1. The van der Waals surface area contributed by atoms with Crippen LogP contribution in [0.2, 0.25) is 0 Å². The van der Waals surface area contributed by atoms with Crippen molar-refractivity contribution >= 4 is 28.6 Å². The van der Waals surface area contributed by atoms with Gasteiger partial charge in [-0.15, -0.1) is 0 Å². The van der Waals surface area contributed by atoms with Crippen molar-refractivity contribution in [3.63, 3.8) is 0 Å². The van der Waals surface area contributed by atoms with Crippen LogP contribution in [0.1, 0.15) is 21.5 Å². The van der Waals surface area contributed by atoms with Crippen molar-refractivity contribution in [2.24, 2.45) is 0 Å². The molecule has 0 fully saturated rings. The van der Waals surface area contributed by atoms with Gasteiger partial charge in [0.05, 0.1) is 5.56 Å². The molecule has 0 spiro atoms. The first-order valence-electron chi connectivity index (χ1n) is 3.53. The summed E-state index contributed by atoms with van der Waals surface area (Å²) in [7, 11) is 0. The normalized spacial score (nSPS) is 9.92. The summed E-state index contributed by atoms with van der Waals surface area (Å²) in [5, 5.41) is 8.78. The fourth-order valence-corrected chi connectivity index (χ4v) is 1.52. The van der Waals surface area contributed by atoms with E-state index in [2.05, 4.69) is 22.6 Å². The third kappa shape index (κ3) is 1.60. The van der Waals surface area contributed by atoms with Gasteiger partial charge in [-0.25, -0.2) is 4.79 Å². The highest BCUT2D eigenvalue weighted by atomic mass is 127. The zero-order valence-electron chi connectivity index (χ0n) is 6.89. The number of rotatable bonds is 1. The van der Waals surface area contributed by atoms with Crippen LogP contribution in [-0.4, -0.2) is 11.1 Å². The van der Waals surface area contributed by atoms with E-state index >= 15 is 0 Å². The van der Waals surface area contributed by atoms with Crippen molar-refractivity contribution in [3.05, 3.63) is 32.4 Å². The molecule has 0 unspecified atom stereocenters. The predicted octanol–water partition coefficient (Wildman–Crippen LogP) is 2.61. The average Bonchev–Trinajstić information content (AvgIpc) is 2.00. The Bertz CT molecular complexity index is 332. The van der Waals surface area contributed by atoms with Crippen LogP contribution in [0.15, 0.2) is 12.1 Å². The van der Waals surface area contributed by atoms with Gasteiger partial charge in [-0.3, -0.25) is 0 Å². The number of carboxylic acids is 1. The molecule has 0 aliphatic rings. The first kappa shape index (κ1) is 9.51. The number of carbonyl (C=O) groups is 1. The van der Waals surface area contributed by atoms with E-state index in [4.69, 9.17) is 5.11 Å². The molecule has 3 heteroatoms. The molecule has 12 heavy (non-hydrogen) atoms. The van der Waals surface area contributed by atoms with Crippen molar-refractivity contribution in [1.82, 2.24) is 0 Å². The molecule has 0 aliphatic carbocycles. The summed E-state index contributed by atoms with van der Waals surface area (Å²) in [5.41, 5.74) is 2.37. The molecule has 0 saturated heterocycles. The molecule has 1 N–H and O–H groups in total. The number of benzene rings is 1. The van der Waals surface area contributed by atoms with Crippen molar-refractivity contribution in [1.29, 1.82) is 0 Å². The monoisotopic (exact) mass is 276 g/mol. The third-order valence-electron chi connectivity index (χ3n) is 1.81. The predicted molar refractivity (Wildman–Crippen MR) is 55.6 cm³/mol. The van der Waals surface area contributed by atoms with Gasteiger partial charge in [0.1, 0.15) is 0 Å². The summed E-state index contributed by atoms with van der Waals surface area (Å²) in [5.74, 6) is -0.856. The van der Waals surface area contributed by atoms with Gasteiger partial charge in [-0.05, 0) is 53.6 Å². The molecule has 0 radical (unpaired) electrons. The molecule has 1 rings (SSSR count). The van der Waals surface area contributed by atoms with Crippen LogP contribution in [0, 0.1) is 17.4 Å². The van der Waals surface area contributed by atoms with Gasteiger partial charge in [0.25, 0.3) is 0 Å². The first-order valence-corrected chi connectivity index (χ1v) is 4.61. The van der Waals surface area contributed by atoms with Crippen LogP contribution in [0.5, 0.6) is 0 Å². The second kappa shape index (κ2) is 3.43. The lowest BCUT2D eigenvalue weighted by atomic mass is 10.1. The van der Waals surface area contributed by atoms with Crippen LogP contribution >= 0.6 is 22.6 Å². The number of hydrogen-bond donors (Lipinski definition) is 1. The summed E-state index contributed by atoms with van der Waals surface area (Å²) in [4.78, 5) is 10.7. The van der Waals surface area contributed by atoms with Crippen molar-refractivity contribution in [3.8, 4) is 0 Å². The lowest BCUT2D eigenvalue weighted by Crippen LogP contribution is -2.01. The Morgan fingerprint density at radius 1 is 1.42 bits per heavy atom. The van der Waals surface area contributed by atoms with E-state index in [1.54, 1.807) is 6.07 Å². The Hall–Kier alpha value is -0.580. The number of carboxylic acid groups (broad SMARTS) is 1. The summed E-state index contributed by atoms with van der Waals surface area (Å²) in [6.45, 7) is 3.80. The van der Waals surface area contributed by atoms with E-state index in [1.165, 1.54) is 0 Å². The molecule has 0 aliphatic heterocycles. The number of hydrogen-bond acceptors (Lipinski definition) is 1. The Balaban J connectivity index is 3.36. The summed E-state index contributed by atoms with van der Waals surface area (Å²) in [6.07, 6.45) is 0. The van der Waals surface area contributed by atoms with E-state index < -0.39 is 5.97 Å². The van der Waals surface area contributed by atoms with Gasteiger partial charge in [0.15, 0.2) is 0 Å². The second-order valence-electron chi connectivity index (χ2n) is 2.67. The molecule has 0 saturated carbocycles. The van der Waals surface area contributed by atoms with Crippen molar-refractivity contribution in [2.75, 3.05) is 0 Å². The maximum atomic E-state index is 10.7. The molecule has 1 aromatic carbocycles. The van der Waals surface area contributed by atoms with Gasteiger partial charge in [-0.1, -0.05) is 6.07 Å². The maximum Gasteiger partial charge on any atom is 0.335 e. The molecular weight excluding hydrogens is 267 g/mol. The van der Waals surface area contributed by atoms with Crippen LogP contribution in [0.4, 0.5) is 0 Å². The van der Waals surface area contributed by atoms with Gasteiger partial charge in [0, 0.05) is 3.57 Å². The fraction of sp³-hybridized carbons (Fsp3) is 0.222. The Morgan fingerprint density at radius 3 is 2.50 bits per heavy atom. The zero-order chi connectivity index (χ0) is 9.30. The first-order chi connectivity index (χ1) is 5.54. The topological polar surface area (TPSA) is 37.3 Å². The molecule has 0 amide bonds. The van der Waals surface area contributed by atoms with Crippen LogP contribution in [-0.2, 0) is 0 Å². The number of aryl methyl sites for hydroxylation is 1. The van der Waals surface area contributed by atoms with Gasteiger partial charge >= 0.3 is 5.97 Å². The van der Waals surface area contributed by atoms with Crippen LogP contribution in [0.3, 0.4) is 0 Å². The van der Waals surface area contributed by atoms with Crippen LogP contribution in [0.25, 0.3) is 0 Å². The third-order valence-corrected chi connectivity index (χ3v) is 3.47. The van der Waals surface area contributed by atoms with Gasteiger partial charge < -0.3 is 5.11 Å². The maximum absolute atomic E-state index is 10.7. The molecule has 0 bridgehead atoms. The smallest absolute Gasteiger partial charge is 0.335 e. The van der Waals surface area contributed by atoms with E-state index in [0.29, 0.717) is 5.56 Å². The molecule has 0 aromatic heterocycles. The Morgan fingerprint density at radius 2 is 2.00 bits per heavy atom. The van der Waals surface area contributed by atoms with Gasteiger partial charge in [-0.2, -0.15) is 0 Å². The molecule has 2 nitrogen and oxygen atoms in total. The Labute approximate surface area is 84.7 Å². The Kier molecular flexibility index (Phi) is 2.72. The lowest BCUT2D eigenvalue weighted by Gasteiger charge is -2.05. The minimum atomic E-state index is -0.856.